The van der Waals surface area contributed by atoms with Crippen LogP contribution in [0.2, 0.25) is 0 Å². The van der Waals surface area contributed by atoms with Gasteiger partial charge in [-0.1, -0.05) is 13.8 Å². The summed E-state index contributed by atoms with van der Waals surface area (Å²) in [5.41, 5.74) is 8.09. The molecule has 0 atom stereocenters. The summed E-state index contributed by atoms with van der Waals surface area (Å²) in [6.07, 6.45) is 0. The van der Waals surface area contributed by atoms with Crippen LogP contribution in [0, 0.1) is 0 Å². The lowest BCUT2D eigenvalue weighted by atomic mass is 10.2. The second-order valence-corrected chi connectivity index (χ2v) is 5.73. The van der Waals surface area contributed by atoms with Crippen LogP contribution in [-0.4, -0.2) is 43.4 Å². The Hall–Kier alpha value is -0.870. The maximum Gasteiger partial charge on any atom is 0.0525 e. The second kappa shape index (κ2) is 6.34. The number of likely N-dealkylation sites (N-methyl/N-ethyl adjacent to an activating group) is 1. The van der Waals surface area contributed by atoms with Crippen LogP contribution >= 0.6 is 11.8 Å². The van der Waals surface area contributed by atoms with E-state index in [9.17, 15) is 0 Å². The van der Waals surface area contributed by atoms with Crippen molar-refractivity contribution in [3.8, 4) is 0 Å². The minimum atomic E-state index is 0.865. The molecular weight excluding hydrogens is 242 g/mol. The smallest absolute Gasteiger partial charge is 0.0525 e. The Morgan fingerprint density at radius 2 is 2.11 bits per heavy atom. The average molecular weight is 265 g/mol. The molecule has 18 heavy (non-hydrogen) atoms. The molecule has 0 unspecified atom stereocenters. The highest BCUT2D eigenvalue weighted by atomic mass is 32.2. The molecule has 1 aromatic carbocycles. The number of nitrogen functional groups attached to an aromatic ring is 1. The maximum atomic E-state index is 5.91. The Morgan fingerprint density at radius 1 is 1.33 bits per heavy atom. The molecule has 2 N–H and O–H groups in total. The third-order valence-corrected chi connectivity index (χ3v) is 4.57. The lowest BCUT2D eigenvalue weighted by molar-refractivity contribution is 0.309. The van der Waals surface area contributed by atoms with E-state index in [-0.39, 0.29) is 0 Å². The van der Waals surface area contributed by atoms with E-state index in [1.165, 1.54) is 16.3 Å². The summed E-state index contributed by atoms with van der Waals surface area (Å²) >= 11 is 1.94. The summed E-state index contributed by atoms with van der Waals surface area (Å²) < 4.78 is 0. The first-order chi connectivity index (χ1) is 8.74. The topological polar surface area (TPSA) is 32.5 Å². The molecule has 0 aromatic heterocycles. The summed E-state index contributed by atoms with van der Waals surface area (Å²) in [6, 6.07) is 6.27. The normalized spacial score (nSPS) is 14.9. The van der Waals surface area contributed by atoms with Crippen LogP contribution in [0.15, 0.2) is 23.1 Å². The Labute approximate surface area is 114 Å². The monoisotopic (exact) mass is 265 g/mol. The van der Waals surface area contributed by atoms with E-state index >= 15 is 0 Å². The Morgan fingerprint density at radius 3 is 2.83 bits per heavy atom. The van der Waals surface area contributed by atoms with E-state index in [4.69, 9.17) is 5.73 Å². The van der Waals surface area contributed by atoms with Crippen molar-refractivity contribution in [1.29, 1.82) is 0 Å². The van der Waals surface area contributed by atoms with Gasteiger partial charge in [0.15, 0.2) is 0 Å². The first-order valence-corrected chi connectivity index (χ1v) is 7.72. The van der Waals surface area contributed by atoms with Gasteiger partial charge in [0.1, 0.15) is 0 Å². The SMILES string of the molecule is CCN(CC)CCN1CCSc2ccc(N)cc21. The largest absolute Gasteiger partial charge is 0.399 e. The number of rotatable bonds is 5. The van der Waals surface area contributed by atoms with Crippen LogP contribution in [0.1, 0.15) is 13.8 Å². The Bertz CT molecular complexity index is 391. The molecule has 1 aliphatic rings. The number of anilines is 2. The molecule has 0 bridgehead atoms. The van der Waals surface area contributed by atoms with E-state index in [2.05, 4.69) is 35.8 Å². The fraction of sp³-hybridized carbons (Fsp3) is 0.571. The van der Waals surface area contributed by atoms with Crippen LogP contribution in [0.25, 0.3) is 0 Å². The Balaban J connectivity index is 2.05. The van der Waals surface area contributed by atoms with Crippen molar-refractivity contribution in [3.05, 3.63) is 18.2 Å². The lowest BCUT2D eigenvalue weighted by Gasteiger charge is -2.32. The van der Waals surface area contributed by atoms with E-state index < -0.39 is 0 Å². The molecule has 0 saturated carbocycles. The van der Waals surface area contributed by atoms with Crippen molar-refractivity contribution >= 4 is 23.1 Å². The predicted octanol–water partition coefficient (Wildman–Crippen LogP) is 2.52. The second-order valence-electron chi connectivity index (χ2n) is 4.59. The molecule has 1 aromatic rings. The highest BCUT2D eigenvalue weighted by Gasteiger charge is 2.17. The maximum absolute atomic E-state index is 5.91. The molecule has 3 nitrogen and oxygen atoms in total. The molecule has 2 rings (SSSR count). The van der Waals surface area contributed by atoms with E-state index in [1.807, 2.05) is 17.8 Å². The van der Waals surface area contributed by atoms with Crippen molar-refractivity contribution in [1.82, 2.24) is 4.90 Å². The molecule has 1 heterocycles. The van der Waals surface area contributed by atoms with E-state index in [0.29, 0.717) is 0 Å². The first kappa shape index (κ1) is 13.6. The van der Waals surface area contributed by atoms with E-state index in [0.717, 1.165) is 38.4 Å². The van der Waals surface area contributed by atoms with Gasteiger partial charge in [0, 0.05) is 36.0 Å². The predicted molar refractivity (Wildman–Crippen MR) is 81.6 cm³/mol. The van der Waals surface area contributed by atoms with Gasteiger partial charge in [-0.05, 0) is 31.3 Å². The van der Waals surface area contributed by atoms with Crippen molar-refractivity contribution in [2.45, 2.75) is 18.7 Å². The average Bonchev–Trinajstić information content (AvgIpc) is 2.40. The number of benzene rings is 1. The molecule has 100 valence electrons. The molecule has 0 amide bonds. The fourth-order valence-corrected chi connectivity index (χ4v) is 3.36. The summed E-state index contributed by atoms with van der Waals surface area (Å²) in [5, 5.41) is 0. The molecule has 0 spiro atoms. The molecule has 0 radical (unpaired) electrons. The first-order valence-electron chi connectivity index (χ1n) is 6.74. The van der Waals surface area contributed by atoms with Gasteiger partial charge in [-0.2, -0.15) is 0 Å². The third-order valence-electron chi connectivity index (χ3n) is 3.52. The number of fused-ring (bicyclic) bond motifs is 1. The minimum absolute atomic E-state index is 0.865. The van der Waals surface area contributed by atoms with Crippen molar-refractivity contribution in [2.75, 3.05) is 49.1 Å². The zero-order valence-electron chi connectivity index (χ0n) is 11.4. The summed E-state index contributed by atoms with van der Waals surface area (Å²) in [5.74, 6) is 1.18. The van der Waals surface area contributed by atoms with Gasteiger partial charge >= 0.3 is 0 Å². The lowest BCUT2D eigenvalue weighted by Crippen LogP contribution is -2.37. The molecule has 1 aliphatic heterocycles. The van der Waals surface area contributed by atoms with Gasteiger partial charge in [-0.3, -0.25) is 0 Å². The number of hydrogen-bond donors (Lipinski definition) is 1. The standard InChI is InChI=1S/C14H23N3S/c1-3-16(4-2)7-8-17-9-10-18-14-6-5-12(15)11-13(14)17/h5-6,11H,3-4,7-10,15H2,1-2H3. The number of nitrogens with zero attached hydrogens (tertiary/aromatic N) is 2. The molecular formula is C14H23N3S. The molecule has 0 aliphatic carbocycles. The van der Waals surface area contributed by atoms with Gasteiger partial charge < -0.3 is 15.5 Å². The Kier molecular flexibility index (Phi) is 4.78. The third kappa shape index (κ3) is 3.12. The van der Waals surface area contributed by atoms with Crippen LogP contribution in [0.3, 0.4) is 0 Å². The zero-order valence-corrected chi connectivity index (χ0v) is 12.2. The van der Waals surface area contributed by atoms with Gasteiger partial charge in [-0.15, -0.1) is 11.8 Å². The highest BCUT2D eigenvalue weighted by Crippen LogP contribution is 2.35. The van der Waals surface area contributed by atoms with Gasteiger partial charge in [-0.25, -0.2) is 0 Å². The van der Waals surface area contributed by atoms with Crippen molar-refractivity contribution in [2.24, 2.45) is 0 Å². The van der Waals surface area contributed by atoms with Gasteiger partial charge in [0.25, 0.3) is 0 Å². The number of hydrogen-bond acceptors (Lipinski definition) is 4. The number of thioether (sulfide) groups is 1. The van der Waals surface area contributed by atoms with Crippen LogP contribution in [-0.2, 0) is 0 Å². The van der Waals surface area contributed by atoms with E-state index in [1.54, 1.807) is 0 Å². The fourth-order valence-electron chi connectivity index (χ4n) is 2.32. The molecule has 0 saturated heterocycles. The molecule has 4 heteroatoms. The van der Waals surface area contributed by atoms with Crippen molar-refractivity contribution in [3.63, 3.8) is 0 Å². The van der Waals surface area contributed by atoms with Gasteiger partial charge in [0.05, 0.1) is 5.69 Å². The number of nitrogens with two attached hydrogens (primary N) is 1. The van der Waals surface area contributed by atoms with Gasteiger partial charge in [0.2, 0.25) is 0 Å². The molecule has 0 fully saturated rings. The quantitative estimate of drug-likeness (QED) is 0.829. The summed E-state index contributed by atoms with van der Waals surface area (Å²) in [7, 11) is 0. The van der Waals surface area contributed by atoms with Crippen LogP contribution < -0.4 is 10.6 Å². The minimum Gasteiger partial charge on any atom is -0.399 e. The van der Waals surface area contributed by atoms with Crippen LogP contribution in [0.4, 0.5) is 11.4 Å². The highest BCUT2D eigenvalue weighted by molar-refractivity contribution is 7.99. The summed E-state index contributed by atoms with van der Waals surface area (Å²) in [4.78, 5) is 6.31. The zero-order chi connectivity index (χ0) is 13.0. The summed E-state index contributed by atoms with van der Waals surface area (Å²) in [6.45, 7) is 10.1. The van der Waals surface area contributed by atoms with Crippen LogP contribution in [0.5, 0.6) is 0 Å². The van der Waals surface area contributed by atoms with Crippen molar-refractivity contribution < 1.29 is 0 Å².